The van der Waals surface area contributed by atoms with Crippen molar-refractivity contribution in [2.24, 2.45) is 11.8 Å². The van der Waals surface area contributed by atoms with Crippen molar-refractivity contribution in [1.29, 1.82) is 0 Å². The smallest absolute Gasteiger partial charge is 0.307 e. The zero-order chi connectivity index (χ0) is 15.7. The highest BCUT2D eigenvalue weighted by molar-refractivity contribution is 5.70. The van der Waals surface area contributed by atoms with Gasteiger partial charge in [-0.05, 0) is 55.7 Å². The third-order valence-electron chi connectivity index (χ3n) is 5.40. The number of benzene rings is 1. The van der Waals surface area contributed by atoms with E-state index in [1.54, 1.807) is 0 Å². The lowest BCUT2D eigenvalue weighted by molar-refractivity contribution is -0.136. The van der Waals surface area contributed by atoms with Gasteiger partial charge in [0.25, 0.3) is 0 Å². The second-order valence-electron chi connectivity index (χ2n) is 7.07. The molecule has 4 atom stereocenters. The molecule has 4 heteroatoms. The van der Waals surface area contributed by atoms with Crippen LogP contribution in [0.5, 0.6) is 0 Å². The first-order valence-electron chi connectivity index (χ1n) is 8.19. The first-order valence-corrected chi connectivity index (χ1v) is 8.19. The summed E-state index contributed by atoms with van der Waals surface area (Å²) in [4.78, 5) is 13.1. The molecule has 0 heterocycles. The summed E-state index contributed by atoms with van der Waals surface area (Å²) in [7, 11) is 2.17. The van der Waals surface area contributed by atoms with Gasteiger partial charge in [-0.25, -0.2) is 0 Å². The molecule has 0 aliphatic heterocycles. The standard InChI is InChI=1S/C18H25NO3/c1-19(16-7-14-9-17(20)10-15(14)8-16)11-13-4-2-12(3-5-13)6-18(21)22/h2-5,14-17,20H,6-11H2,1H3,(H,21,22)/t14-,15+,16?,17?. The van der Waals surface area contributed by atoms with E-state index >= 15 is 0 Å². The van der Waals surface area contributed by atoms with Gasteiger partial charge in [-0.3, -0.25) is 9.69 Å². The maximum absolute atomic E-state index is 10.7. The summed E-state index contributed by atoms with van der Waals surface area (Å²) < 4.78 is 0. The first-order chi connectivity index (χ1) is 10.5. The molecule has 120 valence electrons. The summed E-state index contributed by atoms with van der Waals surface area (Å²) in [5.41, 5.74) is 2.08. The number of carboxylic acids is 1. The molecule has 2 unspecified atom stereocenters. The van der Waals surface area contributed by atoms with E-state index < -0.39 is 5.97 Å². The van der Waals surface area contributed by atoms with Gasteiger partial charge in [0.2, 0.25) is 0 Å². The molecular weight excluding hydrogens is 278 g/mol. The van der Waals surface area contributed by atoms with Crippen LogP contribution in [-0.4, -0.2) is 40.3 Å². The van der Waals surface area contributed by atoms with Crippen molar-refractivity contribution in [2.75, 3.05) is 7.05 Å². The van der Waals surface area contributed by atoms with Crippen molar-refractivity contribution in [3.63, 3.8) is 0 Å². The van der Waals surface area contributed by atoms with E-state index in [2.05, 4.69) is 11.9 Å². The van der Waals surface area contributed by atoms with Crippen molar-refractivity contribution < 1.29 is 15.0 Å². The van der Waals surface area contributed by atoms with Gasteiger partial charge in [0, 0.05) is 12.6 Å². The Morgan fingerprint density at radius 3 is 2.18 bits per heavy atom. The van der Waals surface area contributed by atoms with Crippen LogP contribution in [0.2, 0.25) is 0 Å². The average molecular weight is 303 g/mol. The highest BCUT2D eigenvalue weighted by atomic mass is 16.4. The Balaban J connectivity index is 1.54. The number of fused-ring (bicyclic) bond motifs is 1. The molecule has 2 aliphatic carbocycles. The maximum Gasteiger partial charge on any atom is 0.307 e. The molecule has 2 saturated carbocycles. The molecule has 0 aromatic heterocycles. The van der Waals surface area contributed by atoms with Gasteiger partial charge in [-0.1, -0.05) is 24.3 Å². The van der Waals surface area contributed by atoms with E-state index in [1.807, 2.05) is 24.3 Å². The van der Waals surface area contributed by atoms with Crippen molar-refractivity contribution in [2.45, 2.75) is 50.8 Å². The Bertz CT molecular complexity index is 514. The van der Waals surface area contributed by atoms with Crippen molar-refractivity contribution >= 4 is 5.97 Å². The highest BCUT2D eigenvalue weighted by Crippen LogP contribution is 2.45. The number of carboxylic acid groups (broad SMARTS) is 1. The van der Waals surface area contributed by atoms with Crippen LogP contribution in [0.4, 0.5) is 0 Å². The fraction of sp³-hybridized carbons (Fsp3) is 0.611. The predicted octanol–water partition coefficient (Wildman–Crippen LogP) is 2.29. The third kappa shape index (κ3) is 3.50. The van der Waals surface area contributed by atoms with Gasteiger partial charge in [-0.15, -0.1) is 0 Å². The monoisotopic (exact) mass is 303 g/mol. The minimum atomic E-state index is -0.787. The van der Waals surface area contributed by atoms with Crippen LogP contribution >= 0.6 is 0 Å². The quantitative estimate of drug-likeness (QED) is 0.876. The summed E-state index contributed by atoms with van der Waals surface area (Å²) in [6.07, 6.45) is 4.40. The normalized spacial score (nSPS) is 30.7. The van der Waals surface area contributed by atoms with E-state index in [0.29, 0.717) is 17.9 Å². The molecule has 0 radical (unpaired) electrons. The van der Waals surface area contributed by atoms with Gasteiger partial charge in [-0.2, -0.15) is 0 Å². The van der Waals surface area contributed by atoms with E-state index in [1.165, 1.54) is 18.4 Å². The van der Waals surface area contributed by atoms with Gasteiger partial charge in [0.05, 0.1) is 12.5 Å². The minimum absolute atomic E-state index is 0.0666. The Morgan fingerprint density at radius 1 is 1.09 bits per heavy atom. The van der Waals surface area contributed by atoms with E-state index in [9.17, 15) is 9.90 Å². The SMILES string of the molecule is CN(Cc1ccc(CC(=O)O)cc1)C1C[C@H]2CC(O)C[C@H]2C1. The number of aliphatic hydroxyl groups excluding tert-OH is 1. The largest absolute Gasteiger partial charge is 0.481 e. The molecule has 0 bridgehead atoms. The zero-order valence-corrected chi connectivity index (χ0v) is 13.1. The number of aliphatic carboxylic acids is 1. The molecule has 22 heavy (non-hydrogen) atoms. The topological polar surface area (TPSA) is 60.8 Å². The van der Waals surface area contributed by atoms with E-state index in [-0.39, 0.29) is 12.5 Å². The molecule has 2 aliphatic rings. The van der Waals surface area contributed by atoms with E-state index in [0.717, 1.165) is 24.9 Å². The molecule has 3 rings (SSSR count). The Labute approximate surface area is 131 Å². The minimum Gasteiger partial charge on any atom is -0.481 e. The summed E-state index contributed by atoms with van der Waals surface area (Å²) in [5.74, 6) is 0.630. The number of nitrogens with zero attached hydrogens (tertiary/aromatic N) is 1. The molecule has 4 nitrogen and oxygen atoms in total. The number of aliphatic hydroxyl groups is 1. The molecular formula is C18H25NO3. The molecule has 2 N–H and O–H groups in total. The fourth-order valence-corrected chi connectivity index (χ4v) is 4.27. The van der Waals surface area contributed by atoms with Crippen LogP contribution in [0, 0.1) is 11.8 Å². The van der Waals surface area contributed by atoms with E-state index in [4.69, 9.17) is 5.11 Å². The van der Waals surface area contributed by atoms with Crippen LogP contribution in [-0.2, 0) is 17.8 Å². The number of hydrogen-bond donors (Lipinski definition) is 2. The summed E-state index contributed by atoms with van der Waals surface area (Å²) >= 11 is 0. The van der Waals surface area contributed by atoms with Crippen molar-refractivity contribution in [1.82, 2.24) is 4.90 Å². The fourth-order valence-electron chi connectivity index (χ4n) is 4.27. The molecule has 0 amide bonds. The predicted molar refractivity (Wildman–Crippen MR) is 84.5 cm³/mol. The first kappa shape index (κ1) is 15.5. The maximum atomic E-state index is 10.7. The molecule has 0 saturated heterocycles. The van der Waals surface area contributed by atoms with Crippen molar-refractivity contribution in [3.05, 3.63) is 35.4 Å². The van der Waals surface area contributed by atoms with Crippen LogP contribution in [0.15, 0.2) is 24.3 Å². The van der Waals surface area contributed by atoms with Crippen LogP contribution in [0.3, 0.4) is 0 Å². The molecule has 2 fully saturated rings. The second kappa shape index (κ2) is 6.39. The second-order valence-corrected chi connectivity index (χ2v) is 7.07. The molecule has 1 aromatic carbocycles. The summed E-state index contributed by atoms with van der Waals surface area (Å²) in [6.45, 7) is 0.903. The van der Waals surface area contributed by atoms with Gasteiger partial charge >= 0.3 is 5.97 Å². The Morgan fingerprint density at radius 2 is 1.64 bits per heavy atom. The van der Waals surface area contributed by atoms with Crippen LogP contribution in [0.1, 0.15) is 36.8 Å². The van der Waals surface area contributed by atoms with Crippen LogP contribution < -0.4 is 0 Å². The molecule has 1 aromatic rings. The lowest BCUT2D eigenvalue weighted by Crippen LogP contribution is -2.29. The van der Waals surface area contributed by atoms with Gasteiger partial charge in [0.1, 0.15) is 0 Å². The number of rotatable bonds is 5. The summed E-state index contributed by atoms with van der Waals surface area (Å²) in [5, 5.41) is 18.5. The average Bonchev–Trinajstić information content (AvgIpc) is 2.97. The summed E-state index contributed by atoms with van der Waals surface area (Å²) in [6, 6.07) is 8.51. The van der Waals surface area contributed by atoms with Gasteiger partial charge < -0.3 is 10.2 Å². The highest BCUT2D eigenvalue weighted by Gasteiger charge is 2.42. The lowest BCUT2D eigenvalue weighted by atomic mass is 10.0. The zero-order valence-electron chi connectivity index (χ0n) is 13.1. The third-order valence-corrected chi connectivity index (χ3v) is 5.40. The number of carbonyl (C=O) groups is 1. The Kier molecular flexibility index (Phi) is 4.50. The van der Waals surface area contributed by atoms with Crippen LogP contribution in [0.25, 0.3) is 0 Å². The van der Waals surface area contributed by atoms with Crippen molar-refractivity contribution in [3.8, 4) is 0 Å². The lowest BCUT2D eigenvalue weighted by Gasteiger charge is -2.25. The number of hydrogen-bond acceptors (Lipinski definition) is 3. The molecule has 0 spiro atoms. The van der Waals surface area contributed by atoms with Gasteiger partial charge in [0.15, 0.2) is 0 Å². The Hall–Kier alpha value is -1.39.